The molecule has 0 radical (unpaired) electrons. The van der Waals surface area contributed by atoms with Gasteiger partial charge in [0, 0.05) is 0 Å². The first kappa shape index (κ1) is 20.7. The lowest BCUT2D eigenvalue weighted by Crippen LogP contribution is -2.25. The molecule has 0 saturated carbocycles. The van der Waals surface area contributed by atoms with E-state index in [1.165, 1.54) is 64.2 Å². The van der Waals surface area contributed by atoms with Crippen LogP contribution in [0.3, 0.4) is 0 Å². The molecule has 0 aliphatic heterocycles. The molecule has 21 heavy (non-hydrogen) atoms. The zero-order valence-corrected chi connectivity index (χ0v) is 15.9. The topological polar surface area (TPSA) is 0 Å². The van der Waals surface area contributed by atoms with Crippen molar-refractivity contribution in [3.05, 3.63) is 12.2 Å². The highest BCUT2D eigenvalue weighted by atomic mass is 14.3. The Labute approximate surface area is 135 Å². The van der Waals surface area contributed by atoms with E-state index in [0.717, 1.165) is 11.8 Å². The van der Waals surface area contributed by atoms with Crippen LogP contribution >= 0.6 is 0 Å². The Morgan fingerprint density at radius 3 is 1.86 bits per heavy atom. The Kier molecular flexibility index (Phi) is 12.1. The largest absolute Gasteiger partial charge is 0.0885 e. The first-order valence-corrected chi connectivity index (χ1v) is 9.56. The van der Waals surface area contributed by atoms with Crippen LogP contribution in [-0.2, 0) is 0 Å². The minimum absolute atomic E-state index is 0.512. The number of hydrogen-bond acceptors (Lipinski definition) is 0. The van der Waals surface area contributed by atoms with Crippen LogP contribution in [0.1, 0.15) is 106 Å². The molecule has 0 N–H and O–H groups in total. The predicted molar refractivity (Wildman–Crippen MR) is 98.8 cm³/mol. The smallest absolute Gasteiger partial charge is 0.0326 e. The molecule has 1 atom stereocenters. The van der Waals surface area contributed by atoms with Crippen LogP contribution in [0.4, 0.5) is 0 Å². The van der Waals surface area contributed by atoms with E-state index in [4.69, 9.17) is 0 Å². The van der Waals surface area contributed by atoms with Gasteiger partial charge in [0.15, 0.2) is 0 Å². The predicted octanol–water partition coefficient (Wildman–Crippen LogP) is 7.78. The van der Waals surface area contributed by atoms with Crippen molar-refractivity contribution in [3.63, 3.8) is 0 Å². The standard InChI is InChI=1S/C21H42/c1-7-8-9-10-11-12-13-14-15-16-17-18-21(5,6)20(4)19(2)3/h9-10,19-20H,7-8,11-18H2,1-6H3. The molecule has 0 bridgehead atoms. The average Bonchev–Trinajstić information content (AvgIpc) is 2.43. The van der Waals surface area contributed by atoms with Crippen molar-refractivity contribution in [1.82, 2.24) is 0 Å². The molecule has 0 aromatic carbocycles. The fourth-order valence-electron chi connectivity index (χ4n) is 3.08. The van der Waals surface area contributed by atoms with Gasteiger partial charge in [0.05, 0.1) is 0 Å². The molecule has 0 aromatic heterocycles. The summed E-state index contributed by atoms with van der Waals surface area (Å²) in [5.74, 6) is 1.63. The van der Waals surface area contributed by atoms with Crippen molar-refractivity contribution in [2.75, 3.05) is 0 Å². The highest BCUT2D eigenvalue weighted by Gasteiger charge is 2.27. The quantitative estimate of drug-likeness (QED) is 0.240. The lowest BCUT2D eigenvalue weighted by atomic mass is 9.71. The van der Waals surface area contributed by atoms with Gasteiger partial charge in [-0.25, -0.2) is 0 Å². The molecule has 0 amide bonds. The third-order valence-corrected chi connectivity index (χ3v) is 5.30. The molecule has 0 heterocycles. The second-order valence-corrected chi connectivity index (χ2v) is 7.94. The lowest BCUT2D eigenvalue weighted by molar-refractivity contribution is 0.156. The molecule has 0 nitrogen and oxygen atoms in total. The number of hydrogen-bond donors (Lipinski definition) is 0. The maximum absolute atomic E-state index is 2.46. The van der Waals surface area contributed by atoms with E-state index in [9.17, 15) is 0 Å². The summed E-state index contributed by atoms with van der Waals surface area (Å²) >= 11 is 0. The Hall–Kier alpha value is -0.260. The summed E-state index contributed by atoms with van der Waals surface area (Å²) in [5, 5.41) is 0. The number of rotatable bonds is 13. The summed E-state index contributed by atoms with van der Waals surface area (Å²) in [7, 11) is 0. The lowest BCUT2D eigenvalue weighted by Gasteiger charge is -2.34. The maximum Gasteiger partial charge on any atom is -0.0326 e. The van der Waals surface area contributed by atoms with Crippen molar-refractivity contribution in [2.24, 2.45) is 17.3 Å². The number of allylic oxidation sites excluding steroid dienone is 2. The summed E-state index contributed by atoms with van der Waals surface area (Å²) in [4.78, 5) is 0. The van der Waals surface area contributed by atoms with Crippen LogP contribution in [0.15, 0.2) is 12.2 Å². The minimum Gasteiger partial charge on any atom is -0.0885 e. The second kappa shape index (κ2) is 12.3. The van der Waals surface area contributed by atoms with Crippen molar-refractivity contribution in [1.29, 1.82) is 0 Å². The molecule has 0 saturated heterocycles. The molecule has 0 heteroatoms. The molecular formula is C21H42. The van der Waals surface area contributed by atoms with Gasteiger partial charge in [-0.1, -0.05) is 92.2 Å². The summed E-state index contributed by atoms with van der Waals surface area (Å²) in [6.07, 6.45) is 18.5. The normalized spacial score (nSPS) is 14.2. The molecule has 126 valence electrons. The van der Waals surface area contributed by atoms with Gasteiger partial charge in [-0.15, -0.1) is 0 Å². The Morgan fingerprint density at radius 1 is 0.762 bits per heavy atom. The van der Waals surface area contributed by atoms with Crippen LogP contribution in [0.2, 0.25) is 0 Å². The third-order valence-electron chi connectivity index (χ3n) is 5.30. The molecular weight excluding hydrogens is 252 g/mol. The third kappa shape index (κ3) is 11.0. The van der Waals surface area contributed by atoms with Gasteiger partial charge >= 0.3 is 0 Å². The summed E-state index contributed by atoms with van der Waals surface area (Å²) in [6, 6.07) is 0. The summed E-state index contributed by atoms with van der Waals surface area (Å²) in [6.45, 7) is 14.3. The van der Waals surface area contributed by atoms with Crippen LogP contribution in [-0.4, -0.2) is 0 Å². The molecule has 0 rings (SSSR count). The Bertz CT molecular complexity index is 247. The fraction of sp³-hybridized carbons (Fsp3) is 0.905. The fourth-order valence-corrected chi connectivity index (χ4v) is 3.08. The summed E-state index contributed by atoms with van der Waals surface area (Å²) in [5.41, 5.74) is 0.512. The monoisotopic (exact) mass is 294 g/mol. The van der Waals surface area contributed by atoms with E-state index in [-0.39, 0.29) is 0 Å². The van der Waals surface area contributed by atoms with Gasteiger partial charge in [0.25, 0.3) is 0 Å². The molecule has 0 spiro atoms. The zero-order chi connectivity index (χ0) is 16.1. The molecule has 0 aliphatic carbocycles. The van der Waals surface area contributed by atoms with Gasteiger partial charge in [-0.2, -0.15) is 0 Å². The highest BCUT2D eigenvalue weighted by molar-refractivity contribution is 4.80. The van der Waals surface area contributed by atoms with Crippen molar-refractivity contribution in [3.8, 4) is 0 Å². The number of unbranched alkanes of at least 4 members (excludes halogenated alkanes) is 7. The zero-order valence-electron chi connectivity index (χ0n) is 15.9. The van der Waals surface area contributed by atoms with E-state index in [0.29, 0.717) is 5.41 Å². The van der Waals surface area contributed by atoms with Gasteiger partial charge in [0.2, 0.25) is 0 Å². The van der Waals surface area contributed by atoms with E-state index in [1.807, 2.05) is 0 Å². The average molecular weight is 295 g/mol. The van der Waals surface area contributed by atoms with Crippen molar-refractivity contribution in [2.45, 2.75) is 106 Å². The first-order valence-electron chi connectivity index (χ1n) is 9.56. The van der Waals surface area contributed by atoms with E-state index >= 15 is 0 Å². The van der Waals surface area contributed by atoms with E-state index in [1.54, 1.807) is 0 Å². The van der Waals surface area contributed by atoms with Gasteiger partial charge in [-0.05, 0) is 42.9 Å². The Morgan fingerprint density at radius 2 is 1.29 bits per heavy atom. The molecule has 0 aromatic rings. The van der Waals surface area contributed by atoms with Gasteiger partial charge in [0.1, 0.15) is 0 Å². The minimum atomic E-state index is 0.512. The van der Waals surface area contributed by atoms with Crippen LogP contribution in [0, 0.1) is 17.3 Å². The Balaban J connectivity index is 3.48. The second-order valence-electron chi connectivity index (χ2n) is 7.94. The van der Waals surface area contributed by atoms with Gasteiger partial charge < -0.3 is 0 Å². The van der Waals surface area contributed by atoms with E-state index < -0.39 is 0 Å². The SMILES string of the molecule is CCCC=CCCCCCCCCC(C)(C)C(C)C(C)C. The first-order chi connectivity index (χ1) is 9.91. The van der Waals surface area contributed by atoms with Crippen molar-refractivity contribution >= 4 is 0 Å². The molecule has 0 fully saturated rings. The van der Waals surface area contributed by atoms with E-state index in [2.05, 4.69) is 53.7 Å². The highest BCUT2D eigenvalue weighted by Crippen LogP contribution is 2.36. The summed E-state index contributed by atoms with van der Waals surface area (Å²) < 4.78 is 0. The maximum atomic E-state index is 2.46. The van der Waals surface area contributed by atoms with Crippen LogP contribution in [0.25, 0.3) is 0 Å². The van der Waals surface area contributed by atoms with Crippen molar-refractivity contribution < 1.29 is 0 Å². The van der Waals surface area contributed by atoms with Crippen LogP contribution in [0.5, 0.6) is 0 Å². The van der Waals surface area contributed by atoms with Gasteiger partial charge in [-0.3, -0.25) is 0 Å². The van der Waals surface area contributed by atoms with Crippen LogP contribution < -0.4 is 0 Å². The molecule has 1 unspecified atom stereocenters. The molecule has 0 aliphatic rings.